The maximum absolute atomic E-state index is 9.42. The predicted octanol–water partition coefficient (Wildman–Crippen LogP) is -0.309. The van der Waals surface area contributed by atoms with Crippen LogP contribution in [-0.2, 0) is 19.4 Å². The minimum absolute atomic E-state index is 0.208. The van der Waals surface area contributed by atoms with Crippen molar-refractivity contribution in [2.75, 3.05) is 6.54 Å². The minimum atomic E-state index is -0.208. The van der Waals surface area contributed by atoms with E-state index in [4.69, 9.17) is 5.73 Å². The largest absolute Gasteiger partial charge is 0.393 e. The van der Waals surface area contributed by atoms with Crippen LogP contribution in [0.5, 0.6) is 0 Å². The van der Waals surface area contributed by atoms with Gasteiger partial charge in [0.15, 0.2) is 0 Å². The first-order chi connectivity index (χ1) is 6.29. The van der Waals surface area contributed by atoms with E-state index < -0.39 is 0 Å². The van der Waals surface area contributed by atoms with Gasteiger partial charge in [-0.05, 0) is 13.0 Å². The van der Waals surface area contributed by atoms with E-state index in [0.29, 0.717) is 13.0 Å². The Morgan fingerprint density at radius 2 is 2.54 bits per heavy atom. The number of aromatic nitrogens is 2. The van der Waals surface area contributed by atoms with Crippen molar-refractivity contribution in [1.29, 1.82) is 0 Å². The SMILES string of the molecule is NCCc1cn2c(n1)CC(O)CC2. The van der Waals surface area contributed by atoms with Crippen molar-refractivity contribution in [1.82, 2.24) is 9.55 Å². The molecule has 1 aromatic rings. The van der Waals surface area contributed by atoms with Crippen LogP contribution in [0.4, 0.5) is 0 Å². The number of imidazole rings is 1. The third-order valence-electron chi connectivity index (χ3n) is 2.43. The lowest BCUT2D eigenvalue weighted by molar-refractivity contribution is 0.141. The van der Waals surface area contributed by atoms with Crippen LogP contribution < -0.4 is 5.73 Å². The third-order valence-corrected chi connectivity index (χ3v) is 2.43. The molecule has 4 nitrogen and oxygen atoms in total. The van der Waals surface area contributed by atoms with Gasteiger partial charge in [0, 0.05) is 25.6 Å². The summed E-state index contributed by atoms with van der Waals surface area (Å²) in [5, 5.41) is 9.42. The van der Waals surface area contributed by atoms with Crippen LogP contribution in [0.2, 0.25) is 0 Å². The lowest BCUT2D eigenvalue weighted by Gasteiger charge is -2.18. The van der Waals surface area contributed by atoms with Gasteiger partial charge in [-0.25, -0.2) is 4.98 Å². The number of hydrogen-bond acceptors (Lipinski definition) is 3. The Balaban J connectivity index is 2.18. The summed E-state index contributed by atoms with van der Waals surface area (Å²) < 4.78 is 2.12. The number of nitrogens with two attached hydrogens (primary N) is 1. The standard InChI is InChI=1S/C9H15N3O/c10-3-1-7-6-12-4-2-8(13)5-9(12)11-7/h6,8,13H,1-5,10H2. The van der Waals surface area contributed by atoms with Crippen LogP contribution in [0.15, 0.2) is 6.20 Å². The number of rotatable bonds is 2. The molecular weight excluding hydrogens is 166 g/mol. The highest BCUT2D eigenvalue weighted by Gasteiger charge is 2.17. The predicted molar refractivity (Wildman–Crippen MR) is 49.3 cm³/mol. The first-order valence-corrected chi connectivity index (χ1v) is 4.72. The molecule has 0 radical (unpaired) electrons. The van der Waals surface area contributed by atoms with E-state index in [0.717, 1.165) is 30.9 Å². The summed E-state index contributed by atoms with van der Waals surface area (Å²) in [5.41, 5.74) is 6.49. The Labute approximate surface area is 77.4 Å². The zero-order valence-electron chi connectivity index (χ0n) is 7.61. The van der Waals surface area contributed by atoms with E-state index in [2.05, 4.69) is 9.55 Å². The lowest BCUT2D eigenvalue weighted by atomic mass is 10.1. The number of hydrogen-bond donors (Lipinski definition) is 2. The molecule has 0 fully saturated rings. The van der Waals surface area contributed by atoms with Crippen molar-refractivity contribution in [3.8, 4) is 0 Å². The van der Waals surface area contributed by atoms with Gasteiger partial charge >= 0.3 is 0 Å². The molecule has 0 bridgehead atoms. The monoisotopic (exact) mass is 181 g/mol. The Hall–Kier alpha value is -0.870. The summed E-state index contributed by atoms with van der Waals surface area (Å²) in [7, 11) is 0. The zero-order valence-corrected chi connectivity index (χ0v) is 7.61. The Morgan fingerprint density at radius 1 is 1.69 bits per heavy atom. The fraction of sp³-hybridized carbons (Fsp3) is 0.667. The second-order valence-electron chi connectivity index (χ2n) is 3.53. The highest BCUT2D eigenvalue weighted by atomic mass is 16.3. The summed E-state index contributed by atoms with van der Waals surface area (Å²) >= 11 is 0. The van der Waals surface area contributed by atoms with E-state index in [1.54, 1.807) is 0 Å². The molecule has 1 atom stereocenters. The first-order valence-electron chi connectivity index (χ1n) is 4.72. The quantitative estimate of drug-likeness (QED) is 0.658. The second kappa shape index (κ2) is 3.47. The molecule has 1 aromatic heterocycles. The molecule has 0 saturated heterocycles. The molecule has 3 N–H and O–H groups in total. The molecule has 2 heterocycles. The molecule has 72 valence electrons. The van der Waals surface area contributed by atoms with Gasteiger partial charge in [-0.1, -0.05) is 0 Å². The van der Waals surface area contributed by atoms with Crippen molar-refractivity contribution in [2.45, 2.75) is 31.9 Å². The lowest BCUT2D eigenvalue weighted by Crippen LogP contribution is -2.22. The summed E-state index contributed by atoms with van der Waals surface area (Å²) in [4.78, 5) is 4.41. The van der Waals surface area contributed by atoms with Gasteiger partial charge in [-0.3, -0.25) is 0 Å². The smallest absolute Gasteiger partial charge is 0.111 e. The Kier molecular flexibility index (Phi) is 2.33. The fourth-order valence-corrected chi connectivity index (χ4v) is 1.74. The van der Waals surface area contributed by atoms with Gasteiger partial charge < -0.3 is 15.4 Å². The summed E-state index contributed by atoms with van der Waals surface area (Å²) in [5.74, 6) is 1.00. The van der Waals surface area contributed by atoms with Crippen LogP contribution in [0.25, 0.3) is 0 Å². The molecular formula is C9H15N3O. The molecule has 4 heteroatoms. The molecule has 1 aliphatic rings. The number of aryl methyl sites for hydroxylation is 1. The third kappa shape index (κ3) is 1.73. The molecule has 0 saturated carbocycles. The number of aliphatic hydroxyl groups is 1. The molecule has 0 spiro atoms. The molecule has 0 amide bonds. The summed E-state index contributed by atoms with van der Waals surface area (Å²) in [6.07, 6.45) is 4.20. The van der Waals surface area contributed by atoms with E-state index in [1.807, 2.05) is 6.20 Å². The van der Waals surface area contributed by atoms with Crippen molar-refractivity contribution in [3.63, 3.8) is 0 Å². The molecule has 13 heavy (non-hydrogen) atoms. The van der Waals surface area contributed by atoms with Gasteiger partial charge in [0.2, 0.25) is 0 Å². The van der Waals surface area contributed by atoms with Gasteiger partial charge in [0.25, 0.3) is 0 Å². The zero-order chi connectivity index (χ0) is 9.26. The molecule has 1 unspecified atom stereocenters. The maximum atomic E-state index is 9.42. The summed E-state index contributed by atoms with van der Waals surface area (Å²) in [6.45, 7) is 1.52. The average Bonchev–Trinajstić information content (AvgIpc) is 2.46. The topological polar surface area (TPSA) is 64.1 Å². The first kappa shape index (κ1) is 8.72. The average molecular weight is 181 g/mol. The van der Waals surface area contributed by atoms with E-state index in [-0.39, 0.29) is 6.10 Å². The summed E-state index contributed by atoms with van der Waals surface area (Å²) in [6, 6.07) is 0. The Bertz CT molecular complexity index is 295. The maximum Gasteiger partial charge on any atom is 0.111 e. The van der Waals surface area contributed by atoms with Crippen molar-refractivity contribution >= 4 is 0 Å². The van der Waals surface area contributed by atoms with Crippen molar-refractivity contribution in [2.24, 2.45) is 5.73 Å². The van der Waals surface area contributed by atoms with Crippen LogP contribution >= 0.6 is 0 Å². The van der Waals surface area contributed by atoms with Crippen LogP contribution in [-0.4, -0.2) is 27.3 Å². The fourth-order valence-electron chi connectivity index (χ4n) is 1.74. The van der Waals surface area contributed by atoms with Gasteiger partial charge in [-0.15, -0.1) is 0 Å². The van der Waals surface area contributed by atoms with Crippen LogP contribution in [0.3, 0.4) is 0 Å². The van der Waals surface area contributed by atoms with Gasteiger partial charge in [0.05, 0.1) is 11.8 Å². The van der Waals surface area contributed by atoms with Crippen molar-refractivity contribution in [3.05, 3.63) is 17.7 Å². The van der Waals surface area contributed by atoms with Gasteiger partial charge in [-0.2, -0.15) is 0 Å². The number of fused-ring (bicyclic) bond motifs is 1. The van der Waals surface area contributed by atoms with Crippen LogP contribution in [0.1, 0.15) is 17.9 Å². The van der Waals surface area contributed by atoms with E-state index in [1.165, 1.54) is 0 Å². The van der Waals surface area contributed by atoms with Gasteiger partial charge in [0.1, 0.15) is 5.82 Å². The molecule has 0 aliphatic carbocycles. The van der Waals surface area contributed by atoms with Crippen LogP contribution in [0, 0.1) is 0 Å². The Morgan fingerprint density at radius 3 is 3.31 bits per heavy atom. The van der Waals surface area contributed by atoms with Crippen molar-refractivity contribution < 1.29 is 5.11 Å². The van der Waals surface area contributed by atoms with E-state index in [9.17, 15) is 5.11 Å². The molecule has 2 rings (SSSR count). The number of aliphatic hydroxyl groups excluding tert-OH is 1. The molecule has 0 aromatic carbocycles. The minimum Gasteiger partial charge on any atom is -0.393 e. The highest BCUT2D eigenvalue weighted by Crippen LogP contribution is 2.15. The highest BCUT2D eigenvalue weighted by molar-refractivity contribution is 5.07. The number of nitrogens with zero attached hydrogens (tertiary/aromatic N) is 2. The second-order valence-corrected chi connectivity index (χ2v) is 3.53. The van der Waals surface area contributed by atoms with E-state index >= 15 is 0 Å². The normalized spacial score (nSPS) is 21.5. The molecule has 1 aliphatic heterocycles.